The van der Waals surface area contributed by atoms with Crippen molar-refractivity contribution in [3.05, 3.63) is 42.9 Å². The summed E-state index contributed by atoms with van der Waals surface area (Å²) in [4.78, 5) is 13.1. The number of imidazole rings is 1. The van der Waals surface area contributed by atoms with Gasteiger partial charge in [0.2, 0.25) is 5.95 Å². The van der Waals surface area contributed by atoms with E-state index in [0.717, 1.165) is 29.8 Å². The normalized spacial score (nSPS) is 10.8. The van der Waals surface area contributed by atoms with E-state index in [1.165, 1.54) is 0 Å². The Kier molecular flexibility index (Phi) is 3.10. The monoisotopic (exact) mass is 253 g/mol. The van der Waals surface area contributed by atoms with Crippen molar-refractivity contribution in [2.24, 2.45) is 0 Å². The van der Waals surface area contributed by atoms with Crippen LogP contribution in [0.1, 0.15) is 13.3 Å². The zero-order chi connectivity index (χ0) is 13.1. The lowest BCUT2D eigenvalue weighted by atomic mass is 10.3. The van der Waals surface area contributed by atoms with Gasteiger partial charge in [0, 0.05) is 12.7 Å². The molecule has 3 aromatic rings. The third-order valence-corrected chi connectivity index (χ3v) is 2.87. The Morgan fingerprint density at radius 2 is 2.05 bits per heavy atom. The Balaban J connectivity index is 2.01. The minimum absolute atomic E-state index is 0.650. The van der Waals surface area contributed by atoms with E-state index < -0.39 is 0 Å². The molecule has 0 unspecified atom stereocenters. The van der Waals surface area contributed by atoms with Crippen LogP contribution in [0.3, 0.4) is 0 Å². The van der Waals surface area contributed by atoms with Crippen LogP contribution in [0.4, 0.5) is 5.95 Å². The van der Waals surface area contributed by atoms with E-state index in [0.29, 0.717) is 5.95 Å². The lowest BCUT2D eigenvalue weighted by Gasteiger charge is -2.06. The summed E-state index contributed by atoms with van der Waals surface area (Å²) < 4.78 is 1.97. The molecule has 0 amide bonds. The van der Waals surface area contributed by atoms with Gasteiger partial charge in [0.25, 0.3) is 0 Å². The highest BCUT2D eigenvalue weighted by Gasteiger charge is 2.05. The first-order valence-electron chi connectivity index (χ1n) is 6.38. The third-order valence-electron chi connectivity index (χ3n) is 2.87. The van der Waals surface area contributed by atoms with Gasteiger partial charge < -0.3 is 5.32 Å². The maximum Gasteiger partial charge on any atom is 0.224 e. The van der Waals surface area contributed by atoms with Crippen molar-refractivity contribution in [2.45, 2.75) is 13.3 Å². The fourth-order valence-electron chi connectivity index (χ4n) is 1.95. The van der Waals surface area contributed by atoms with Crippen LogP contribution in [0.2, 0.25) is 0 Å². The molecule has 96 valence electrons. The molecule has 0 radical (unpaired) electrons. The molecule has 3 rings (SSSR count). The molecule has 19 heavy (non-hydrogen) atoms. The second-order valence-electron chi connectivity index (χ2n) is 4.27. The summed E-state index contributed by atoms with van der Waals surface area (Å²) in [5.74, 6) is 1.47. The number of hydrogen-bond acceptors (Lipinski definition) is 4. The molecular formula is C14H15N5. The highest BCUT2D eigenvalue weighted by Crippen LogP contribution is 2.16. The molecule has 0 atom stereocenters. The van der Waals surface area contributed by atoms with E-state index in [-0.39, 0.29) is 0 Å². The van der Waals surface area contributed by atoms with E-state index in [4.69, 9.17) is 0 Å². The number of anilines is 1. The molecule has 0 aliphatic carbocycles. The van der Waals surface area contributed by atoms with Crippen LogP contribution in [-0.2, 0) is 0 Å². The van der Waals surface area contributed by atoms with Gasteiger partial charge in [-0.15, -0.1) is 0 Å². The molecule has 0 aliphatic heterocycles. The number of nitrogens with one attached hydrogen (secondary N) is 1. The van der Waals surface area contributed by atoms with E-state index in [9.17, 15) is 0 Å². The summed E-state index contributed by atoms with van der Waals surface area (Å²) in [5.41, 5.74) is 2.01. The van der Waals surface area contributed by atoms with Gasteiger partial charge >= 0.3 is 0 Å². The second kappa shape index (κ2) is 5.06. The highest BCUT2D eigenvalue weighted by molar-refractivity contribution is 5.76. The SMILES string of the molecule is CCCNc1nccc(-n2cnc3ccccc32)n1. The number of para-hydroxylation sites is 2. The third kappa shape index (κ3) is 2.27. The van der Waals surface area contributed by atoms with Crippen molar-refractivity contribution in [3.8, 4) is 5.82 Å². The molecule has 2 heterocycles. The van der Waals surface area contributed by atoms with Crippen molar-refractivity contribution < 1.29 is 0 Å². The van der Waals surface area contributed by atoms with Crippen molar-refractivity contribution in [1.82, 2.24) is 19.5 Å². The van der Waals surface area contributed by atoms with E-state index in [1.807, 2.05) is 34.9 Å². The second-order valence-corrected chi connectivity index (χ2v) is 4.27. The number of fused-ring (bicyclic) bond motifs is 1. The molecule has 0 bridgehead atoms. The number of benzene rings is 1. The van der Waals surface area contributed by atoms with Gasteiger partial charge in [-0.1, -0.05) is 19.1 Å². The van der Waals surface area contributed by atoms with Gasteiger partial charge in [0.15, 0.2) is 0 Å². The van der Waals surface area contributed by atoms with Crippen LogP contribution in [0.15, 0.2) is 42.9 Å². The summed E-state index contributed by atoms with van der Waals surface area (Å²) in [6.45, 7) is 2.98. The molecule has 0 saturated carbocycles. The Morgan fingerprint density at radius 3 is 2.95 bits per heavy atom. The quantitative estimate of drug-likeness (QED) is 0.776. The Morgan fingerprint density at radius 1 is 1.16 bits per heavy atom. The van der Waals surface area contributed by atoms with Crippen molar-refractivity contribution >= 4 is 17.0 Å². The van der Waals surface area contributed by atoms with Crippen molar-refractivity contribution in [2.75, 3.05) is 11.9 Å². The molecule has 0 fully saturated rings. The molecule has 1 N–H and O–H groups in total. The summed E-state index contributed by atoms with van der Waals surface area (Å²) in [5, 5.41) is 3.19. The summed E-state index contributed by atoms with van der Waals surface area (Å²) >= 11 is 0. The molecule has 5 nitrogen and oxygen atoms in total. The summed E-state index contributed by atoms with van der Waals surface area (Å²) in [7, 11) is 0. The van der Waals surface area contributed by atoms with Gasteiger partial charge in [0.05, 0.1) is 11.0 Å². The minimum atomic E-state index is 0.650. The maximum atomic E-state index is 4.50. The zero-order valence-corrected chi connectivity index (χ0v) is 10.7. The predicted molar refractivity (Wildman–Crippen MR) is 75.4 cm³/mol. The summed E-state index contributed by atoms with van der Waals surface area (Å²) in [6, 6.07) is 9.88. The minimum Gasteiger partial charge on any atom is -0.354 e. The first-order valence-corrected chi connectivity index (χ1v) is 6.38. The van der Waals surface area contributed by atoms with Crippen molar-refractivity contribution in [3.63, 3.8) is 0 Å². The average molecular weight is 253 g/mol. The maximum absolute atomic E-state index is 4.50. The number of hydrogen-bond donors (Lipinski definition) is 1. The zero-order valence-electron chi connectivity index (χ0n) is 10.7. The first-order chi connectivity index (χ1) is 9.38. The Bertz CT molecular complexity index is 689. The van der Waals surface area contributed by atoms with Gasteiger partial charge in [0.1, 0.15) is 12.1 Å². The van der Waals surface area contributed by atoms with Gasteiger partial charge in [-0.3, -0.25) is 4.57 Å². The Labute approximate surface area is 111 Å². The first kappa shape index (κ1) is 11.6. The molecule has 2 aromatic heterocycles. The molecule has 0 spiro atoms. The van der Waals surface area contributed by atoms with Crippen molar-refractivity contribution in [1.29, 1.82) is 0 Å². The standard InChI is InChI=1S/C14H15N5/c1-2-8-15-14-16-9-7-13(18-14)19-10-17-11-5-3-4-6-12(11)19/h3-7,9-10H,2,8H2,1H3,(H,15,16,18). The molecular weight excluding hydrogens is 238 g/mol. The van der Waals surface area contributed by atoms with Crippen LogP contribution >= 0.6 is 0 Å². The van der Waals surface area contributed by atoms with Crippen LogP contribution in [0.5, 0.6) is 0 Å². The fraction of sp³-hybridized carbons (Fsp3) is 0.214. The number of nitrogens with zero attached hydrogens (tertiary/aromatic N) is 4. The molecule has 1 aromatic carbocycles. The van der Waals surface area contributed by atoms with Crippen LogP contribution in [0.25, 0.3) is 16.9 Å². The van der Waals surface area contributed by atoms with Gasteiger partial charge in [-0.25, -0.2) is 9.97 Å². The highest BCUT2D eigenvalue weighted by atomic mass is 15.2. The molecule has 0 aliphatic rings. The van der Waals surface area contributed by atoms with Crippen LogP contribution in [0, 0.1) is 0 Å². The lowest BCUT2D eigenvalue weighted by Crippen LogP contribution is -2.06. The molecule has 0 saturated heterocycles. The number of aromatic nitrogens is 4. The topological polar surface area (TPSA) is 55.6 Å². The van der Waals surface area contributed by atoms with Gasteiger partial charge in [-0.2, -0.15) is 4.98 Å². The molecule has 5 heteroatoms. The van der Waals surface area contributed by atoms with Crippen LogP contribution < -0.4 is 5.32 Å². The van der Waals surface area contributed by atoms with E-state index >= 15 is 0 Å². The fourth-order valence-corrected chi connectivity index (χ4v) is 1.95. The number of rotatable bonds is 4. The van der Waals surface area contributed by atoms with Crippen LogP contribution in [-0.4, -0.2) is 26.1 Å². The van der Waals surface area contributed by atoms with Gasteiger partial charge in [-0.05, 0) is 24.6 Å². The average Bonchev–Trinajstić information content (AvgIpc) is 2.89. The summed E-state index contributed by atoms with van der Waals surface area (Å²) in [6.07, 6.45) is 4.59. The van der Waals surface area contributed by atoms with E-state index in [2.05, 4.69) is 27.2 Å². The lowest BCUT2D eigenvalue weighted by molar-refractivity contribution is 0.934. The Hall–Kier alpha value is -2.43. The largest absolute Gasteiger partial charge is 0.354 e. The predicted octanol–water partition coefficient (Wildman–Crippen LogP) is 2.64. The smallest absolute Gasteiger partial charge is 0.224 e. The van der Waals surface area contributed by atoms with E-state index in [1.54, 1.807) is 12.5 Å².